The van der Waals surface area contributed by atoms with Gasteiger partial charge in [0.1, 0.15) is 5.69 Å². The van der Waals surface area contributed by atoms with Crippen molar-refractivity contribution in [2.45, 2.75) is 58.9 Å². The van der Waals surface area contributed by atoms with Gasteiger partial charge in [0, 0.05) is 41.6 Å². The predicted octanol–water partition coefficient (Wildman–Crippen LogP) is 4.82. The maximum atomic E-state index is 13.3. The molecule has 35 heavy (non-hydrogen) atoms. The van der Waals surface area contributed by atoms with E-state index in [0.717, 1.165) is 83.4 Å². The molecule has 3 unspecified atom stereocenters. The zero-order chi connectivity index (χ0) is 24.7. The van der Waals surface area contributed by atoms with Crippen LogP contribution in [0.15, 0.2) is 21.6 Å². The summed E-state index contributed by atoms with van der Waals surface area (Å²) >= 11 is 3.72. The molecule has 0 bridgehead atoms. The van der Waals surface area contributed by atoms with Crippen molar-refractivity contribution in [1.29, 1.82) is 0 Å². The molecule has 2 heterocycles. The summed E-state index contributed by atoms with van der Waals surface area (Å²) in [7, 11) is 1.85. The second-order valence-corrected chi connectivity index (χ2v) is 11.1. The van der Waals surface area contributed by atoms with E-state index in [1.54, 1.807) is 4.90 Å². The first kappa shape index (κ1) is 24.7. The lowest BCUT2D eigenvalue weighted by Gasteiger charge is -2.33. The number of hydrogen-bond acceptors (Lipinski definition) is 5. The highest BCUT2D eigenvalue weighted by Crippen LogP contribution is 2.48. The van der Waals surface area contributed by atoms with E-state index < -0.39 is 0 Å². The number of anilines is 1. The minimum absolute atomic E-state index is 0.0757. The quantitative estimate of drug-likeness (QED) is 0.510. The second kappa shape index (κ2) is 10.1. The lowest BCUT2D eigenvalue weighted by atomic mass is 9.93. The van der Waals surface area contributed by atoms with Crippen LogP contribution in [0.2, 0.25) is 0 Å². The Labute approximate surface area is 216 Å². The van der Waals surface area contributed by atoms with Crippen LogP contribution in [-0.4, -0.2) is 66.1 Å². The van der Waals surface area contributed by atoms with E-state index in [0.29, 0.717) is 13.2 Å². The Balaban J connectivity index is 1.45. The molecule has 3 aliphatic rings. The first-order valence-electron chi connectivity index (χ1n) is 12.9. The monoisotopic (exact) mass is 541 g/mol. The molecule has 1 aromatic heterocycles. The molecule has 2 fully saturated rings. The average Bonchev–Trinajstić information content (AvgIpc) is 3.52. The molecule has 2 aromatic rings. The highest BCUT2D eigenvalue weighted by atomic mass is 79.9. The zero-order valence-corrected chi connectivity index (χ0v) is 22.8. The van der Waals surface area contributed by atoms with Crippen LogP contribution < -0.4 is 4.90 Å². The summed E-state index contributed by atoms with van der Waals surface area (Å²) in [5.74, 6) is 1.76. The summed E-state index contributed by atoms with van der Waals surface area (Å²) in [5, 5.41) is 8.05. The number of carbonyl (C=O) groups excluding carboxylic acids is 1. The van der Waals surface area contributed by atoms with Crippen molar-refractivity contribution >= 4 is 38.9 Å². The highest BCUT2D eigenvalue weighted by molar-refractivity contribution is 9.10. The number of benzene rings is 1. The van der Waals surface area contributed by atoms with Crippen LogP contribution >= 0.6 is 15.9 Å². The van der Waals surface area contributed by atoms with Crippen LogP contribution in [0.3, 0.4) is 0 Å². The van der Waals surface area contributed by atoms with Crippen molar-refractivity contribution in [3.05, 3.63) is 39.1 Å². The van der Waals surface area contributed by atoms with E-state index in [9.17, 15) is 4.79 Å². The molecule has 1 aromatic carbocycles. The Morgan fingerprint density at radius 3 is 2.80 bits per heavy atom. The summed E-state index contributed by atoms with van der Waals surface area (Å²) in [6.07, 6.45) is 5.46. The molecule has 188 valence electrons. The van der Waals surface area contributed by atoms with Gasteiger partial charge in [0.2, 0.25) is 5.91 Å². The number of rotatable bonds is 7. The largest absolute Gasteiger partial charge is 0.379 e. The molecule has 1 saturated heterocycles. The summed E-state index contributed by atoms with van der Waals surface area (Å²) in [6.45, 7) is 9.15. The number of fused-ring (bicyclic) bond motifs is 2. The first-order valence-corrected chi connectivity index (χ1v) is 13.7. The summed E-state index contributed by atoms with van der Waals surface area (Å²) in [5.41, 5.74) is 7.54. The van der Waals surface area contributed by atoms with Gasteiger partial charge in [-0.05, 0) is 69.1 Å². The maximum absolute atomic E-state index is 13.3. The van der Waals surface area contributed by atoms with Crippen LogP contribution in [0.25, 0.3) is 0 Å². The van der Waals surface area contributed by atoms with Gasteiger partial charge in [-0.25, -0.2) is 0 Å². The van der Waals surface area contributed by atoms with E-state index >= 15 is 0 Å². The smallest absolute Gasteiger partial charge is 0.243 e. The van der Waals surface area contributed by atoms with E-state index in [1.165, 1.54) is 17.7 Å². The van der Waals surface area contributed by atoms with Crippen molar-refractivity contribution in [3.8, 4) is 0 Å². The van der Waals surface area contributed by atoms with E-state index in [-0.39, 0.29) is 11.9 Å². The molecular formula is C27H36BrN5O2. The number of nitrogens with one attached hydrogen (secondary N) is 1. The van der Waals surface area contributed by atoms with Crippen LogP contribution in [-0.2, 0) is 22.4 Å². The Hall–Kier alpha value is -2.03. The minimum atomic E-state index is -0.201. The van der Waals surface area contributed by atoms with Gasteiger partial charge in [-0.3, -0.25) is 19.8 Å². The van der Waals surface area contributed by atoms with Crippen LogP contribution in [0.1, 0.15) is 55.6 Å². The fourth-order valence-electron chi connectivity index (χ4n) is 5.46. The molecule has 3 atom stereocenters. The zero-order valence-electron chi connectivity index (χ0n) is 21.2. The minimum Gasteiger partial charge on any atom is -0.379 e. The van der Waals surface area contributed by atoms with Crippen molar-refractivity contribution in [3.63, 3.8) is 0 Å². The van der Waals surface area contributed by atoms with Crippen molar-refractivity contribution < 1.29 is 9.53 Å². The number of aromatic nitrogens is 2. The first-order chi connectivity index (χ1) is 16.9. The number of carbonyl (C=O) groups is 1. The van der Waals surface area contributed by atoms with Gasteiger partial charge in [-0.1, -0.05) is 29.3 Å². The lowest BCUT2D eigenvalue weighted by molar-refractivity contribution is -0.124. The number of H-pyrrole nitrogens is 1. The van der Waals surface area contributed by atoms with Crippen LogP contribution in [0.4, 0.5) is 11.4 Å². The number of hydrogen-bond donors (Lipinski definition) is 1. The molecule has 7 nitrogen and oxygen atoms in total. The topological polar surface area (TPSA) is 73.8 Å². The van der Waals surface area contributed by atoms with Gasteiger partial charge < -0.3 is 9.64 Å². The van der Waals surface area contributed by atoms with Crippen molar-refractivity contribution in [2.75, 3.05) is 38.3 Å². The van der Waals surface area contributed by atoms with Crippen LogP contribution in [0, 0.1) is 18.8 Å². The number of nitrogens with zero attached hydrogens (tertiary/aromatic N) is 4. The number of amides is 1. The average molecular weight is 543 g/mol. The van der Waals surface area contributed by atoms with Gasteiger partial charge in [0.05, 0.1) is 30.7 Å². The van der Waals surface area contributed by atoms with E-state index in [4.69, 9.17) is 14.8 Å². The number of aliphatic imine (C=N–C) groups is 1. The molecule has 1 amide bonds. The molecule has 1 aliphatic heterocycles. The van der Waals surface area contributed by atoms with Crippen molar-refractivity contribution in [1.82, 2.24) is 15.1 Å². The highest BCUT2D eigenvalue weighted by Gasteiger charge is 2.43. The fraction of sp³-hybridized carbons (Fsp3) is 0.593. The Kier molecular flexibility index (Phi) is 7.15. The number of morpholine rings is 1. The van der Waals surface area contributed by atoms with E-state index in [1.807, 2.05) is 26.1 Å². The predicted molar refractivity (Wildman–Crippen MR) is 143 cm³/mol. The van der Waals surface area contributed by atoms with Gasteiger partial charge >= 0.3 is 0 Å². The van der Waals surface area contributed by atoms with Gasteiger partial charge in [-0.2, -0.15) is 5.10 Å². The Bertz CT molecular complexity index is 1140. The third-order valence-corrected chi connectivity index (χ3v) is 8.76. The molecule has 0 spiro atoms. The van der Waals surface area contributed by atoms with Gasteiger partial charge in [-0.15, -0.1) is 0 Å². The molecule has 2 aliphatic carbocycles. The number of aromatic amines is 1. The number of likely N-dealkylation sites (N-methyl/N-ethyl adjacent to an activating group) is 1. The Morgan fingerprint density at radius 2 is 2.06 bits per heavy atom. The molecule has 5 rings (SSSR count). The third-order valence-electron chi connectivity index (χ3n) is 7.94. The molecule has 8 heteroatoms. The summed E-state index contributed by atoms with van der Waals surface area (Å²) in [6, 6.07) is 3.85. The van der Waals surface area contributed by atoms with Gasteiger partial charge in [0.15, 0.2) is 0 Å². The number of ether oxygens (including phenoxy) is 1. The Morgan fingerprint density at radius 1 is 1.31 bits per heavy atom. The lowest BCUT2D eigenvalue weighted by Crippen LogP contribution is -2.50. The maximum Gasteiger partial charge on any atom is 0.243 e. The van der Waals surface area contributed by atoms with E-state index in [2.05, 4.69) is 39.8 Å². The van der Waals surface area contributed by atoms with Gasteiger partial charge in [0.25, 0.3) is 0 Å². The molecule has 1 N–H and O–H groups in total. The SMILES string of the molecule is CCCC(=Nc1cc(N(C)C(=O)C(C)N2CCOCC2)cc(Br)c1C)c1n[nH]c2c1CC1CC1C2. The molecular weight excluding hydrogens is 506 g/mol. The fourth-order valence-corrected chi connectivity index (χ4v) is 5.90. The molecule has 0 radical (unpaired) electrons. The summed E-state index contributed by atoms with van der Waals surface area (Å²) < 4.78 is 6.41. The third kappa shape index (κ3) is 4.98. The van der Waals surface area contributed by atoms with Crippen molar-refractivity contribution in [2.24, 2.45) is 16.8 Å². The molecule has 1 saturated carbocycles. The normalized spacial score (nSPS) is 22.9. The standard InChI is InChI=1S/C27H36BrN5O2/c1-5-6-23(26-21-12-18-11-19(18)13-25(21)30-31-26)29-24-15-20(14-22(28)16(24)2)32(4)27(34)17(3)33-7-9-35-10-8-33/h14-15,17-19H,5-13H2,1-4H3,(H,30,31). The van der Waals surface area contributed by atoms with Crippen LogP contribution in [0.5, 0.6) is 0 Å². The summed E-state index contributed by atoms with van der Waals surface area (Å²) in [4.78, 5) is 22.5. The second-order valence-electron chi connectivity index (χ2n) is 10.3. The number of halogens is 1.